The number of imidazole rings is 1. The minimum absolute atomic E-state index is 0.0179. The Kier molecular flexibility index (Phi) is 7.22. The Morgan fingerprint density at radius 1 is 1.11 bits per heavy atom. The van der Waals surface area contributed by atoms with Gasteiger partial charge in [-0.2, -0.15) is 0 Å². The van der Waals surface area contributed by atoms with Gasteiger partial charge in [-0.3, -0.25) is 9.59 Å². The average Bonchev–Trinajstić information content (AvgIpc) is 3.34. The summed E-state index contributed by atoms with van der Waals surface area (Å²) in [7, 11) is 0. The van der Waals surface area contributed by atoms with Gasteiger partial charge < -0.3 is 19.9 Å². The lowest BCUT2D eigenvalue weighted by atomic mass is 9.73. The second-order valence-electron chi connectivity index (χ2n) is 11.1. The lowest BCUT2D eigenvalue weighted by molar-refractivity contribution is -0.135. The second-order valence-corrected chi connectivity index (χ2v) is 11.1. The number of carbonyl (C=O) groups is 2. The number of piperidine rings is 1. The van der Waals surface area contributed by atoms with Crippen LogP contribution in [-0.2, 0) is 11.2 Å². The zero-order chi connectivity index (χ0) is 26.0. The molecule has 0 saturated carbocycles. The molecule has 1 atom stereocenters. The summed E-state index contributed by atoms with van der Waals surface area (Å²) in [6, 6.07) is 13.8. The van der Waals surface area contributed by atoms with Crippen molar-refractivity contribution in [1.82, 2.24) is 20.2 Å². The molecule has 1 spiro atoms. The van der Waals surface area contributed by atoms with Crippen molar-refractivity contribution < 1.29 is 14.3 Å². The molecule has 1 fully saturated rings. The minimum Gasteiger partial charge on any atom is -0.491 e. The number of aromatic amines is 1. The Labute approximate surface area is 219 Å². The van der Waals surface area contributed by atoms with E-state index in [9.17, 15) is 9.59 Å². The molecule has 2 amide bonds. The first kappa shape index (κ1) is 25.3. The van der Waals surface area contributed by atoms with E-state index in [0.29, 0.717) is 44.0 Å². The fraction of sp³-hybridized carbons (Fsp3) is 0.500. The van der Waals surface area contributed by atoms with Crippen LogP contribution < -0.4 is 10.1 Å². The van der Waals surface area contributed by atoms with Crippen LogP contribution in [0.5, 0.6) is 5.75 Å². The third kappa shape index (κ3) is 5.36. The smallest absolute Gasteiger partial charge is 0.253 e. The quantitative estimate of drug-likeness (QED) is 0.503. The first-order valence-corrected chi connectivity index (χ1v) is 13.7. The Bertz CT molecular complexity index is 1270. The van der Waals surface area contributed by atoms with Crippen LogP contribution in [0.3, 0.4) is 0 Å². The molecule has 0 aliphatic carbocycles. The van der Waals surface area contributed by atoms with E-state index in [1.54, 1.807) is 0 Å². The second kappa shape index (κ2) is 10.6. The molecule has 5 rings (SSSR count). The van der Waals surface area contributed by atoms with Gasteiger partial charge in [0.15, 0.2) is 0 Å². The largest absolute Gasteiger partial charge is 0.491 e. The number of likely N-dealkylation sites (tertiary alicyclic amines) is 1. The van der Waals surface area contributed by atoms with E-state index < -0.39 is 5.41 Å². The molecular weight excluding hydrogens is 464 g/mol. The molecular formula is C30H38N4O3. The van der Waals surface area contributed by atoms with Gasteiger partial charge in [0.1, 0.15) is 18.2 Å². The number of para-hydroxylation sites is 1. The van der Waals surface area contributed by atoms with Crippen LogP contribution in [0.4, 0.5) is 0 Å². The third-order valence-electron chi connectivity index (χ3n) is 7.97. The maximum Gasteiger partial charge on any atom is 0.253 e. The van der Waals surface area contributed by atoms with Gasteiger partial charge in [-0.15, -0.1) is 0 Å². The molecule has 2 aliphatic heterocycles. The highest BCUT2D eigenvalue weighted by atomic mass is 16.5. The van der Waals surface area contributed by atoms with Crippen molar-refractivity contribution in [1.29, 1.82) is 0 Å². The van der Waals surface area contributed by atoms with Gasteiger partial charge in [-0.25, -0.2) is 4.98 Å². The summed E-state index contributed by atoms with van der Waals surface area (Å²) in [5, 5.41) is 3.22. The number of nitrogens with one attached hydrogen (secondary N) is 2. The average molecular weight is 503 g/mol. The number of ether oxygens (including phenoxy) is 1. The standard InChI is InChI=1S/C30H38N4O3/c1-20(2)27-32-24-12-11-23(18-25(24)33-27)28(35)34-16-14-30(15-17-34)13-7-6-9-22-8-4-5-10-26(22)37-19-21(3)31-29(30)36/h4-5,8,10-12,18,20-21H,6-7,9,13-17,19H2,1-3H3,(H,31,36)(H,32,33)/t21-/m1/s1. The molecule has 1 aromatic heterocycles. The van der Waals surface area contributed by atoms with Gasteiger partial charge in [0.2, 0.25) is 5.91 Å². The van der Waals surface area contributed by atoms with Crippen LogP contribution in [0.15, 0.2) is 42.5 Å². The van der Waals surface area contributed by atoms with E-state index in [4.69, 9.17) is 4.74 Å². The lowest BCUT2D eigenvalue weighted by Gasteiger charge is -2.41. The van der Waals surface area contributed by atoms with Crippen molar-refractivity contribution in [3.8, 4) is 5.75 Å². The van der Waals surface area contributed by atoms with Crippen LogP contribution >= 0.6 is 0 Å². The summed E-state index contributed by atoms with van der Waals surface area (Å²) >= 11 is 0. The number of hydrogen-bond acceptors (Lipinski definition) is 4. The van der Waals surface area contributed by atoms with E-state index in [0.717, 1.165) is 48.3 Å². The number of hydrogen-bond donors (Lipinski definition) is 2. The van der Waals surface area contributed by atoms with Crippen LogP contribution in [0, 0.1) is 5.41 Å². The zero-order valence-corrected chi connectivity index (χ0v) is 22.2. The summed E-state index contributed by atoms with van der Waals surface area (Å²) in [6.45, 7) is 7.79. The van der Waals surface area contributed by atoms with E-state index in [-0.39, 0.29) is 17.9 Å². The van der Waals surface area contributed by atoms with E-state index >= 15 is 0 Å². The van der Waals surface area contributed by atoms with Crippen molar-refractivity contribution in [2.45, 2.75) is 71.3 Å². The van der Waals surface area contributed by atoms with E-state index in [1.165, 1.54) is 5.56 Å². The number of amides is 2. The van der Waals surface area contributed by atoms with Crippen LogP contribution in [0.2, 0.25) is 0 Å². The predicted molar refractivity (Wildman–Crippen MR) is 145 cm³/mol. The summed E-state index contributed by atoms with van der Waals surface area (Å²) in [6.07, 6.45) is 5.13. The van der Waals surface area contributed by atoms with Crippen molar-refractivity contribution in [3.63, 3.8) is 0 Å². The number of aryl methyl sites for hydroxylation is 1. The number of carbonyl (C=O) groups excluding carboxylic acids is 2. The van der Waals surface area contributed by atoms with Gasteiger partial charge in [-0.05, 0) is 68.9 Å². The maximum atomic E-state index is 13.5. The predicted octanol–water partition coefficient (Wildman–Crippen LogP) is 5.22. The fourth-order valence-electron chi connectivity index (χ4n) is 5.61. The van der Waals surface area contributed by atoms with Crippen molar-refractivity contribution in [3.05, 3.63) is 59.4 Å². The monoisotopic (exact) mass is 502 g/mol. The Balaban J connectivity index is 1.27. The summed E-state index contributed by atoms with van der Waals surface area (Å²) in [5.74, 6) is 2.26. The zero-order valence-electron chi connectivity index (χ0n) is 22.2. The summed E-state index contributed by atoms with van der Waals surface area (Å²) in [4.78, 5) is 36.8. The molecule has 2 aromatic carbocycles. The molecule has 7 nitrogen and oxygen atoms in total. The van der Waals surface area contributed by atoms with Gasteiger partial charge >= 0.3 is 0 Å². The number of nitrogens with zero attached hydrogens (tertiary/aromatic N) is 2. The molecule has 3 aromatic rings. The molecule has 0 bridgehead atoms. The molecule has 2 aliphatic rings. The normalized spacial score (nSPS) is 20.6. The SMILES string of the molecule is CC(C)c1nc2ccc(C(=O)N3CCC4(CCCCc5ccccc5OC[C@@H](C)NC4=O)CC3)cc2[nH]1. The molecule has 2 N–H and O–H groups in total. The minimum atomic E-state index is -0.441. The van der Waals surface area contributed by atoms with Gasteiger partial charge in [0, 0.05) is 24.6 Å². The Morgan fingerprint density at radius 2 is 1.89 bits per heavy atom. The molecule has 0 radical (unpaired) electrons. The van der Waals surface area contributed by atoms with Crippen molar-refractivity contribution in [2.75, 3.05) is 19.7 Å². The maximum absolute atomic E-state index is 13.5. The third-order valence-corrected chi connectivity index (χ3v) is 7.97. The fourth-order valence-corrected chi connectivity index (χ4v) is 5.61. The number of fused-ring (bicyclic) bond motifs is 2. The molecule has 3 heterocycles. The molecule has 7 heteroatoms. The van der Waals surface area contributed by atoms with E-state index in [1.807, 2.05) is 42.2 Å². The van der Waals surface area contributed by atoms with Crippen LogP contribution in [0.1, 0.15) is 80.5 Å². The first-order valence-electron chi connectivity index (χ1n) is 13.7. The highest BCUT2D eigenvalue weighted by Gasteiger charge is 2.42. The Hall–Kier alpha value is -3.35. The van der Waals surface area contributed by atoms with Gasteiger partial charge in [0.05, 0.1) is 22.5 Å². The number of benzene rings is 2. The molecule has 0 unspecified atom stereocenters. The molecule has 37 heavy (non-hydrogen) atoms. The van der Waals surface area contributed by atoms with E-state index in [2.05, 4.69) is 41.3 Å². The highest BCUT2D eigenvalue weighted by Crippen LogP contribution is 2.38. The lowest BCUT2D eigenvalue weighted by Crippen LogP contribution is -2.52. The summed E-state index contributed by atoms with van der Waals surface area (Å²) < 4.78 is 6.06. The van der Waals surface area contributed by atoms with Crippen LogP contribution in [-0.4, -0.2) is 52.4 Å². The highest BCUT2D eigenvalue weighted by molar-refractivity contribution is 5.97. The number of H-pyrrole nitrogens is 1. The number of aromatic nitrogens is 2. The first-order chi connectivity index (χ1) is 17.8. The van der Waals surface area contributed by atoms with Crippen molar-refractivity contribution in [2.24, 2.45) is 5.41 Å². The molecule has 196 valence electrons. The summed E-state index contributed by atoms with van der Waals surface area (Å²) in [5.41, 5.74) is 3.22. The topological polar surface area (TPSA) is 87.3 Å². The van der Waals surface area contributed by atoms with Crippen LogP contribution in [0.25, 0.3) is 11.0 Å². The number of rotatable bonds is 2. The Morgan fingerprint density at radius 3 is 2.68 bits per heavy atom. The van der Waals surface area contributed by atoms with Crippen molar-refractivity contribution >= 4 is 22.8 Å². The van der Waals surface area contributed by atoms with Gasteiger partial charge in [0.25, 0.3) is 5.91 Å². The molecule has 1 saturated heterocycles. The van der Waals surface area contributed by atoms with Gasteiger partial charge in [-0.1, -0.05) is 38.5 Å².